The summed E-state index contributed by atoms with van der Waals surface area (Å²) < 4.78 is 19.9. The van der Waals surface area contributed by atoms with Crippen molar-refractivity contribution in [3.05, 3.63) is 24.3 Å². The Labute approximate surface area is 199 Å². The van der Waals surface area contributed by atoms with E-state index in [4.69, 9.17) is 4.74 Å². The van der Waals surface area contributed by atoms with Gasteiger partial charge in [-0.15, -0.1) is 0 Å². The molecule has 8 nitrogen and oxygen atoms in total. The van der Waals surface area contributed by atoms with Crippen molar-refractivity contribution in [3.63, 3.8) is 0 Å². The second-order valence-corrected chi connectivity index (χ2v) is 10.8. The number of amides is 2. The van der Waals surface area contributed by atoms with Crippen molar-refractivity contribution in [1.29, 1.82) is 0 Å². The molecule has 0 spiro atoms. The van der Waals surface area contributed by atoms with Gasteiger partial charge in [0.15, 0.2) is 0 Å². The summed E-state index contributed by atoms with van der Waals surface area (Å²) in [6.45, 7) is 1.52. The Kier molecular flexibility index (Phi) is 9.70. The zero-order valence-corrected chi connectivity index (χ0v) is 20.5. The van der Waals surface area contributed by atoms with Crippen LogP contribution < -0.4 is 10.2 Å². The van der Waals surface area contributed by atoms with Gasteiger partial charge in [-0.1, -0.05) is 25.7 Å². The smallest absolute Gasteiger partial charge is 0.248 e. The number of nitrogens with one attached hydrogen (secondary N) is 1. The van der Waals surface area contributed by atoms with Gasteiger partial charge in [-0.25, -0.2) is 14.0 Å². The SMILES string of the molecule is COc1ccc(S(=O)N(C)CC(C(=O)NO)C(CC2CCCC2)C(=O)N2CCCCC2)cc1. The van der Waals surface area contributed by atoms with E-state index in [0.717, 1.165) is 44.9 Å². The van der Waals surface area contributed by atoms with Crippen LogP contribution in [-0.4, -0.2) is 64.2 Å². The van der Waals surface area contributed by atoms with Crippen molar-refractivity contribution in [1.82, 2.24) is 14.7 Å². The van der Waals surface area contributed by atoms with Gasteiger partial charge < -0.3 is 9.64 Å². The number of carbonyl (C=O) groups excluding carboxylic acids is 2. The fourth-order valence-corrected chi connectivity index (χ4v) is 6.11. The largest absolute Gasteiger partial charge is 0.497 e. The van der Waals surface area contributed by atoms with Gasteiger partial charge in [-0.05, 0) is 55.9 Å². The van der Waals surface area contributed by atoms with E-state index in [2.05, 4.69) is 0 Å². The first-order valence-electron chi connectivity index (χ1n) is 11.9. The van der Waals surface area contributed by atoms with E-state index in [1.54, 1.807) is 48.2 Å². The summed E-state index contributed by atoms with van der Waals surface area (Å²) in [5.74, 6) is -0.888. The van der Waals surface area contributed by atoms with Crippen LogP contribution in [0, 0.1) is 17.8 Å². The molecular weight excluding hydrogens is 442 g/mol. The van der Waals surface area contributed by atoms with E-state index in [-0.39, 0.29) is 12.5 Å². The van der Waals surface area contributed by atoms with Gasteiger partial charge >= 0.3 is 0 Å². The third-order valence-corrected chi connectivity index (χ3v) is 8.37. The molecule has 0 aromatic heterocycles. The third-order valence-electron chi connectivity index (χ3n) is 6.98. The summed E-state index contributed by atoms with van der Waals surface area (Å²) in [6, 6.07) is 6.92. The van der Waals surface area contributed by atoms with Gasteiger partial charge in [0.1, 0.15) is 16.7 Å². The van der Waals surface area contributed by atoms with Gasteiger partial charge in [0.2, 0.25) is 11.8 Å². The molecule has 1 aromatic rings. The van der Waals surface area contributed by atoms with Crippen LogP contribution in [0.4, 0.5) is 0 Å². The normalized spacial score (nSPS) is 19.8. The Morgan fingerprint density at radius 1 is 1.12 bits per heavy atom. The third kappa shape index (κ3) is 6.77. The van der Waals surface area contributed by atoms with Crippen LogP contribution in [0.25, 0.3) is 0 Å². The predicted molar refractivity (Wildman–Crippen MR) is 126 cm³/mol. The van der Waals surface area contributed by atoms with Crippen LogP contribution in [-0.2, 0) is 20.6 Å². The highest BCUT2D eigenvalue weighted by atomic mass is 32.2. The average Bonchev–Trinajstić information content (AvgIpc) is 3.38. The first-order valence-corrected chi connectivity index (χ1v) is 13.0. The molecule has 3 unspecified atom stereocenters. The molecule has 3 rings (SSSR count). The Balaban J connectivity index is 1.80. The lowest BCUT2D eigenvalue weighted by Gasteiger charge is -2.35. The van der Waals surface area contributed by atoms with Crippen molar-refractivity contribution in [2.75, 3.05) is 33.8 Å². The molecule has 1 aliphatic heterocycles. The Bertz CT molecular complexity index is 807. The van der Waals surface area contributed by atoms with Crippen LogP contribution in [0.5, 0.6) is 5.75 Å². The minimum Gasteiger partial charge on any atom is -0.497 e. The number of methoxy groups -OCH3 is 1. The van der Waals surface area contributed by atoms with E-state index in [0.29, 0.717) is 36.1 Å². The lowest BCUT2D eigenvalue weighted by molar-refractivity contribution is -0.146. The highest BCUT2D eigenvalue weighted by Crippen LogP contribution is 2.35. The molecular formula is C24H37N3O5S. The molecule has 1 heterocycles. The number of carbonyl (C=O) groups is 2. The number of hydroxylamine groups is 1. The number of rotatable bonds is 10. The number of likely N-dealkylation sites (tertiary alicyclic amines) is 1. The molecule has 184 valence electrons. The molecule has 3 atom stereocenters. The predicted octanol–water partition coefficient (Wildman–Crippen LogP) is 2.98. The summed E-state index contributed by atoms with van der Waals surface area (Å²) in [4.78, 5) is 28.9. The maximum absolute atomic E-state index is 13.6. The average molecular weight is 480 g/mol. The summed E-state index contributed by atoms with van der Waals surface area (Å²) in [5.41, 5.74) is 1.78. The van der Waals surface area contributed by atoms with E-state index in [1.807, 2.05) is 4.90 Å². The minimum absolute atomic E-state index is 0.0150. The summed E-state index contributed by atoms with van der Waals surface area (Å²) in [5, 5.41) is 9.50. The second-order valence-electron chi connectivity index (χ2n) is 9.20. The van der Waals surface area contributed by atoms with Crippen molar-refractivity contribution in [3.8, 4) is 5.75 Å². The number of hydrogen-bond acceptors (Lipinski definition) is 5. The van der Waals surface area contributed by atoms with E-state index < -0.39 is 28.7 Å². The van der Waals surface area contributed by atoms with Crippen molar-refractivity contribution in [2.45, 2.75) is 56.3 Å². The Hall–Kier alpha value is -1.97. The fraction of sp³-hybridized carbons (Fsp3) is 0.667. The molecule has 1 aliphatic carbocycles. The number of nitrogens with zero attached hydrogens (tertiary/aromatic N) is 2. The van der Waals surface area contributed by atoms with Gasteiger partial charge in [-0.2, -0.15) is 0 Å². The molecule has 33 heavy (non-hydrogen) atoms. The summed E-state index contributed by atoms with van der Waals surface area (Å²) >= 11 is 0. The standard InChI is InChI=1S/C24H37N3O5S/c1-26(33(31)20-12-10-19(32-2)11-13-20)17-22(23(28)25-30)21(16-18-8-4-5-9-18)24(29)27-14-6-3-7-15-27/h10-13,18,21-22,30H,3-9,14-17H2,1-2H3,(H,25,28). The minimum atomic E-state index is -1.52. The summed E-state index contributed by atoms with van der Waals surface area (Å²) in [7, 11) is 1.72. The molecule has 0 radical (unpaired) electrons. The number of hydrogen-bond donors (Lipinski definition) is 2. The maximum Gasteiger partial charge on any atom is 0.248 e. The Morgan fingerprint density at radius 2 is 1.76 bits per heavy atom. The fourth-order valence-electron chi connectivity index (χ4n) is 5.08. The molecule has 2 fully saturated rings. The van der Waals surface area contributed by atoms with E-state index in [1.165, 1.54) is 0 Å². The molecule has 1 saturated heterocycles. The van der Waals surface area contributed by atoms with Crippen LogP contribution >= 0.6 is 0 Å². The number of piperidine rings is 1. The van der Waals surface area contributed by atoms with E-state index >= 15 is 0 Å². The number of benzene rings is 1. The monoisotopic (exact) mass is 479 g/mol. The molecule has 2 aliphatic rings. The molecule has 9 heteroatoms. The molecule has 1 saturated carbocycles. The van der Waals surface area contributed by atoms with Gasteiger partial charge in [0.05, 0.1) is 23.8 Å². The highest BCUT2D eigenvalue weighted by Gasteiger charge is 2.39. The molecule has 1 aromatic carbocycles. The Morgan fingerprint density at radius 3 is 2.33 bits per heavy atom. The highest BCUT2D eigenvalue weighted by molar-refractivity contribution is 7.82. The molecule has 2 N–H and O–H groups in total. The maximum atomic E-state index is 13.6. The van der Waals surface area contributed by atoms with Gasteiger partial charge in [0, 0.05) is 26.7 Å². The quantitative estimate of drug-likeness (QED) is 0.397. The lowest BCUT2D eigenvalue weighted by Crippen LogP contribution is -2.49. The van der Waals surface area contributed by atoms with Crippen LogP contribution in [0.3, 0.4) is 0 Å². The number of ether oxygens (including phenoxy) is 1. The van der Waals surface area contributed by atoms with Gasteiger partial charge in [-0.3, -0.25) is 14.8 Å². The summed E-state index contributed by atoms with van der Waals surface area (Å²) in [6.07, 6.45) is 8.09. The zero-order valence-electron chi connectivity index (χ0n) is 19.7. The topological polar surface area (TPSA) is 99.2 Å². The van der Waals surface area contributed by atoms with Crippen LogP contribution in [0.1, 0.15) is 51.4 Å². The van der Waals surface area contributed by atoms with Crippen LogP contribution in [0.15, 0.2) is 29.2 Å². The van der Waals surface area contributed by atoms with Crippen molar-refractivity contribution >= 4 is 22.8 Å². The second kappa shape index (κ2) is 12.5. The first-order chi connectivity index (χ1) is 15.9. The van der Waals surface area contributed by atoms with Gasteiger partial charge in [0.25, 0.3) is 0 Å². The molecule has 0 bridgehead atoms. The van der Waals surface area contributed by atoms with Crippen molar-refractivity contribution < 1.29 is 23.7 Å². The molecule has 2 amide bonds. The van der Waals surface area contributed by atoms with E-state index in [9.17, 15) is 19.0 Å². The first kappa shape index (κ1) is 25.6. The van der Waals surface area contributed by atoms with Crippen molar-refractivity contribution in [2.24, 2.45) is 17.8 Å². The van der Waals surface area contributed by atoms with Crippen LogP contribution in [0.2, 0.25) is 0 Å². The zero-order chi connectivity index (χ0) is 23.8. The lowest BCUT2D eigenvalue weighted by atomic mass is 9.81.